The van der Waals surface area contributed by atoms with Crippen LogP contribution in [-0.4, -0.2) is 32.3 Å². The first-order valence-corrected chi connectivity index (χ1v) is 9.83. The van der Waals surface area contributed by atoms with E-state index >= 15 is 0 Å². The van der Waals surface area contributed by atoms with Gasteiger partial charge in [-0.05, 0) is 44.0 Å². The van der Waals surface area contributed by atoms with Gasteiger partial charge in [0.15, 0.2) is 5.96 Å². The molecule has 0 aliphatic rings. The van der Waals surface area contributed by atoms with Crippen LogP contribution in [0.15, 0.2) is 39.9 Å². The molecule has 2 aromatic rings. The maximum absolute atomic E-state index is 5.38. The van der Waals surface area contributed by atoms with Gasteiger partial charge in [-0.25, -0.2) is 4.99 Å². The van der Waals surface area contributed by atoms with Crippen LogP contribution in [-0.2, 0) is 24.1 Å². The summed E-state index contributed by atoms with van der Waals surface area (Å²) in [4.78, 5) is 7.41. The Bertz CT molecular complexity index is 608. The lowest BCUT2D eigenvalue weighted by Gasteiger charge is -2.12. The summed E-state index contributed by atoms with van der Waals surface area (Å²) < 4.78 is 10.7. The summed E-state index contributed by atoms with van der Waals surface area (Å²) in [5.74, 6) is 1.82. The number of hydrogen-bond acceptors (Lipinski definition) is 4. The van der Waals surface area contributed by atoms with E-state index in [1.807, 2.05) is 30.4 Å². The normalized spacial score (nSPS) is 11.7. The molecule has 0 spiro atoms. The lowest BCUT2D eigenvalue weighted by molar-refractivity contribution is 0.145. The van der Waals surface area contributed by atoms with Crippen molar-refractivity contribution in [3.05, 3.63) is 46.0 Å². The Kier molecular flexibility index (Phi) is 9.15. The molecular formula is C19H29N3O2S. The van der Waals surface area contributed by atoms with Gasteiger partial charge >= 0.3 is 0 Å². The summed E-state index contributed by atoms with van der Waals surface area (Å²) in [7, 11) is 0. The second-order valence-corrected chi connectivity index (χ2v) is 6.87. The third-order valence-electron chi connectivity index (χ3n) is 3.66. The van der Waals surface area contributed by atoms with Crippen LogP contribution in [0, 0.1) is 0 Å². The Morgan fingerprint density at radius 1 is 1.16 bits per heavy atom. The van der Waals surface area contributed by atoms with E-state index in [0.717, 1.165) is 57.3 Å². The van der Waals surface area contributed by atoms with Crippen LogP contribution in [0.25, 0.3) is 0 Å². The zero-order chi connectivity index (χ0) is 17.7. The van der Waals surface area contributed by atoms with E-state index in [1.165, 1.54) is 9.75 Å². The molecule has 138 valence electrons. The first kappa shape index (κ1) is 19.5. The molecule has 0 radical (unpaired) electrons. The molecule has 0 fully saturated rings. The summed E-state index contributed by atoms with van der Waals surface area (Å²) in [6, 6.07) is 8.27. The molecule has 2 aromatic heterocycles. The van der Waals surface area contributed by atoms with Crippen LogP contribution < -0.4 is 10.6 Å². The Balaban J connectivity index is 1.81. The summed E-state index contributed by atoms with van der Waals surface area (Å²) in [6.07, 6.45) is 4.59. The van der Waals surface area contributed by atoms with Crippen molar-refractivity contribution in [3.63, 3.8) is 0 Å². The average molecular weight is 364 g/mol. The Hall–Kier alpha value is -1.79. The molecule has 6 heteroatoms. The molecule has 0 bridgehead atoms. The number of thiophene rings is 1. The zero-order valence-corrected chi connectivity index (χ0v) is 16.0. The molecule has 2 N–H and O–H groups in total. The molecule has 2 heterocycles. The van der Waals surface area contributed by atoms with Gasteiger partial charge in [0.1, 0.15) is 5.76 Å². The molecule has 0 saturated carbocycles. The second kappa shape index (κ2) is 11.7. The fourth-order valence-electron chi connectivity index (χ4n) is 2.31. The molecule has 25 heavy (non-hydrogen) atoms. The van der Waals surface area contributed by atoms with Crippen molar-refractivity contribution in [1.29, 1.82) is 0 Å². The van der Waals surface area contributed by atoms with Crippen molar-refractivity contribution in [3.8, 4) is 0 Å². The van der Waals surface area contributed by atoms with Crippen molar-refractivity contribution < 1.29 is 9.15 Å². The molecule has 2 rings (SSSR count). The van der Waals surface area contributed by atoms with Crippen molar-refractivity contribution in [2.75, 3.05) is 26.3 Å². The van der Waals surface area contributed by atoms with E-state index in [0.29, 0.717) is 6.54 Å². The van der Waals surface area contributed by atoms with Gasteiger partial charge in [-0.1, -0.05) is 6.92 Å². The largest absolute Gasteiger partial charge is 0.469 e. The fourth-order valence-corrected chi connectivity index (χ4v) is 3.20. The molecule has 5 nitrogen and oxygen atoms in total. The van der Waals surface area contributed by atoms with Crippen molar-refractivity contribution in [2.45, 2.75) is 39.7 Å². The van der Waals surface area contributed by atoms with Gasteiger partial charge in [0.2, 0.25) is 0 Å². The number of aryl methyl sites for hydroxylation is 1. The van der Waals surface area contributed by atoms with E-state index in [2.05, 4.69) is 29.7 Å². The van der Waals surface area contributed by atoms with Gasteiger partial charge < -0.3 is 19.8 Å². The predicted octanol–water partition coefficient (Wildman–Crippen LogP) is 3.61. The van der Waals surface area contributed by atoms with Crippen LogP contribution in [0.1, 0.15) is 35.8 Å². The lowest BCUT2D eigenvalue weighted by atomic mass is 10.3. The number of hydrogen-bond donors (Lipinski definition) is 2. The fraction of sp³-hybridized carbons (Fsp3) is 0.526. The van der Waals surface area contributed by atoms with Crippen molar-refractivity contribution >= 4 is 17.3 Å². The quantitative estimate of drug-likeness (QED) is 0.364. The number of rotatable bonds is 11. The molecule has 0 saturated heterocycles. The highest BCUT2D eigenvalue weighted by atomic mass is 32.1. The maximum Gasteiger partial charge on any atom is 0.191 e. The molecular weight excluding hydrogens is 334 g/mol. The monoisotopic (exact) mass is 363 g/mol. The highest BCUT2D eigenvalue weighted by Gasteiger charge is 2.02. The number of guanidine groups is 1. The van der Waals surface area contributed by atoms with E-state index in [4.69, 9.17) is 14.1 Å². The van der Waals surface area contributed by atoms with Crippen LogP contribution in [0.3, 0.4) is 0 Å². The van der Waals surface area contributed by atoms with E-state index < -0.39 is 0 Å². The molecule has 0 atom stereocenters. The van der Waals surface area contributed by atoms with Gasteiger partial charge in [0.05, 0.1) is 12.8 Å². The van der Waals surface area contributed by atoms with Gasteiger partial charge in [-0.3, -0.25) is 0 Å². The number of aliphatic imine (C=N–C) groups is 1. The third kappa shape index (κ3) is 7.75. The standard InChI is InChI=1S/C19H29N3O2S/c1-3-17-8-9-18(25-17)15-22-19(20-11-6-13-23-4-2)21-12-10-16-7-5-14-24-16/h5,7-9,14H,3-4,6,10-13,15H2,1-2H3,(H2,20,21,22). The SMILES string of the molecule is CCOCCCNC(=NCc1ccc(CC)s1)NCCc1ccco1. The van der Waals surface area contributed by atoms with E-state index in [1.54, 1.807) is 6.26 Å². The first-order chi connectivity index (χ1) is 12.3. The van der Waals surface area contributed by atoms with E-state index in [-0.39, 0.29) is 0 Å². The van der Waals surface area contributed by atoms with Crippen LogP contribution in [0.4, 0.5) is 0 Å². The minimum absolute atomic E-state index is 0.701. The highest BCUT2D eigenvalue weighted by molar-refractivity contribution is 7.11. The maximum atomic E-state index is 5.38. The number of furan rings is 1. The second-order valence-electron chi connectivity index (χ2n) is 5.62. The van der Waals surface area contributed by atoms with Crippen LogP contribution in [0.5, 0.6) is 0 Å². The Labute approximate surface area is 154 Å². The summed E-state index contributed by atoms with van der Waals surface area (Å²) in [5.41, 5.74) is 0. The molecule has 0 aliphatic heterocycles. The van der Waals surface area contributed by atoms with E-state index in [9.17, 15) is 0 Å². The van der Waals surface area contributed by atoms with Gasteiger partial charge in [0.25, 0.3) is 0 Å². The van der Waals surface area contributed by atoms with Crippen molar-refractivity contribution in [1.82, 2.24) is 10.6 Å². The topological polar surface area (TPSA) is 58.8 Å². The minimum atomic E-state index is 0.701. The molecule has 0 unspecified atom stereocenters. The van der Waals surface area contributed by atoms with Crippen LogP contribution in [0.2, 0.25) is 0 Å². The number of ether oxygens (including phenoxy) is 1. The molecule has 0 aliphatic carbocycles. The zero-order valence-electron chi connectivity index (χ0n) is 15.2. The lowest BCUT2D eigenvalue weighted by Crippen LogP contribution is -2.39. The van der Waals surface area contributed by atoms with Gasteiger partial charge in [0, 0.05) is 42.5 Å². The summed E-state index contributed by atoms with van der Waals surface area (Å²) >= 11 is 1.83. The van der Waals surface area contributed by atoms with Gasteiger partial charge in [-0.2, -0.15) is 0 Å². The Morgan fingerprint density at radius 3 is 2.72 bits per heavy atom. The van der Waals surface area contributed by atoms with Crippen molar-refractivity contribution in [2.24, 2.45) is 4.99 Å². The molecule has 0 amide bonds. The number of nitrogens with one attached hydrogen (secondary N) is 2. The average Bonchev–Trinajstić information content (AvgIpc) is 3.30. The Morgan fingerprint density at radius 2 is 2.00 bits per heavy atom. The summed E-state index contributed by atoms with van der Waals surface area (Å²) in [5, 5.41) is 6.77. The minimum Gasteiger partial charge on any atom is -0.469 e. The first-order valence-electron chi connectivity index (χ1n) is 9.01. The number of nitrogens with zero attached hydrogens (tertiary/aromatic N) is 1. The predicted molar refractivity (Wildman–Crippen MR) is 104 cm³/mol. The third-order valence-corrected chi connectivity index (χ3v) is 4.88. The highest BCUT2D eigenvalue weighted by Crippen LogP contribution is 2.17. The van der Waals surface area contributed by atoms with Gasteiger partial charge in [-0.15, -0.1) is 11.3 Å². The van der Waals surface area contributed by atoms with Crippen LogP contribution >= 0.6 is 11.3 Å². The molecule has 0 aromatic carbocycles. The summed E-state index contributed by atoms with van der Waals surface area (Å²) in [6.45, 7) is 8.07. The smallest absolute Gasteiger partial charge is 0.191 e.